The Kier molecular flexibility index (Phi) is 6.27. The lowest BCUT2D eigenvalue weighted by atomic mass is 9.98. The lowest BCUT2D eigenvalue weighted by molar-refractivity contribution is 0.155. The predicted molar refractivity (Wildman–Crippen MR) is 111 cm³/mol. The van der Waals surface area contributed by atoms with Gasteiger partial charge in [0.25, 0.3) is 0 Å². The van der Waals surface area contributed by atoms with E-state index in [2.05, 4.69) is 44.5 Å². The summed E-state index contributed by atoms with van der Waals surface area (Å²) in [5, 5.41) is 12.9. The number of benzene rings is 1. The van der Waals surface area contributed by atoms with E-state index in [1.807, 2.05) is 6.07 Å². The first-order valence-electron chi connectivity index (χ1n) is 10.5. The SMILES string of the molecule is OCC1CCCN1c1cc(NCc2ccc(OC3CCCCC3)cc2)ncn1. The quantitative estimate of drug-likeness (QED) is 0.760. The van der Waals surface area contributed by atoms with Crippen LogP contribution in [0.4, 0.5) is 11.6 Å². The van der Waals surface area contributed by atoms with Gasteiger partial charge in [0.1, 0.15) is 23.7 Å². The second-order valence-corrected chi connectivity index (χ2v) is 7.81. The molecule has 2 N–H and O–H groups in total. The summed E-state index contributed by atoms with van der Waals surface area (Å²) in [6.45, 7) is 1.80. The van der Waals surface area contributed by atoms with Crippen LogP contribution in [0.5, 0.6) is 5.75 Å². The van der Waals surface area contributed by atoms with Crippen LogP contribution in [0.3, 0.4) is 0 Å². The van der Waals surface area contributed by atoms with E-state index in [9.17, 15) is 5.11 Å². The molecule has 2 heterocycles. The van der Waals surface area contributed by atoms with Crippen molar-refractivity contribution >= 4 is 11.6 Å². The fraction of sp³-hybridized carbons (Fsp3) is 0.545. The highest BCUT2D eigenvalue weighted by molar-refractivity contribution is 5.50. The van der Waals surface area contributed by atoms with Gasteiger partial charge in [0.05, 0.1) is 18.8 Å². The summed E-state index contributed by atoms with van der Waals surface area (Å²) in [5.41, 5.74) is 1.19. The van der Waals surface area contributed by atoms with Crippen molar-refractivity contribution in [3.8, 4) is 5.75 Å². The molecule has 1 atom stereocenters. The zero-order chi connectivity index (χ0) is 19.2. The monoisotopic (exact) mass is 382 g/mol. The van der Waals surface area contributed by atoms with Gasteiger partial charge in [-0.1, -0.05) is 18.6 Å². The van der Waals surface area contributed by atoms with Crippen molar-refractivity contribution < 1.29 is 9.84 Å². The number of nitrogens with zero attached hydrogens (tertiary/aromatic N) is 3. The Labute approximate surface area is 167 Å². The molecule has 6 nitrogen and oxygen atoms in total. The predicted octanol–water partition coefficient (Wildman–Crippen LogP) is 3.76. The molecule has 1 saturated carbocycles. The molecule has 2 aliphatic rings. The molecule has 1 unspecified atom stereocenters. The van der Waals surface area contributed by atoms with Gasteiger partial charge < -0.3 is 20.1 Å². The molecule has 1 aliphatic carbocycles. The topological polar surface area (TPSA) is 70.5 Å². The second kappa shape index (κ2) is 9.24. The van der Waals surface area contributed by atoms with Crippen molar-refractivity contribution in [1.29, 1.82) is 0 Å². The Bertz CT molecular complexity index is 746. The van der Waals surface area contributed by atoms with Gasteiger partial charge in [0.2, 0.25) is 0 Å². The molecule has 1 aromatic carbocycles. The van der Waals surface area contributed by atoms with E-state index in [4.69, 9.17) is 4.74 Å². The van der Waals surface area contributed by atoms with E-state index in [1.54, 1.807) is 6.33 Å². The van der Waals surface area contributed by atoms with Crippen LogP contribution in [0.15, 0.2) is 36.7 Å². The maximum absolute atomic E-state index is 9.53. The van der Waals surface area contributed by atoms with Crippen molar-refractivity contribution in [2.24, 2.45) is 0 Å². The van der Waals surface area contributed by atoms with Crippen molar-refractivity contribution in [2.45, 2.75) is 63.6 Å². The third kappa shape index (κ3) is 4.73. The summed E-state index contributed by atoms with van der Waals surface area (Å²) in [4.78, 5) is 10.9. The number of aromatic nitrogens is 2. The number of rotatable bonds is 7. The van der Waals surface area contributed by atoms with Gasteiger partial charge >= 0.3 is 0 Å². The van der Waals surface area contributed by atoms with Gasteiger partial charge in [-0.2, -0.15) is 0 Å². The van der Waals surface area contributed by atoms with E-state index in [-0.39, 0.29) is 12.6 Å². The molecule has 6 heteroatoms. The van der Waals surface area contributed by atoms with E-state index < -0.39 is 0 Å². The largest absolute Gasteiger partial charge is 0.490 e. The Balaban J connectivity index is 1.32. The maximum Gasteiger partial charge on any atom is 0.134 e. The molecule has 1 saturated heterocycles. The van der Waals surface area contributed by atoms with Crippen LogP contribution in [0, 0.1) is 0 Å². The molecule has 0 spiro atoms. The van der Waals surface area contributed by atoms with Crippen LogP contribution >= 0.6 is 0 Å². The smallest absolute Gasteiger partial charge is 0.134 e. The molecular weight excluding hydrogens is 352 g/mol. The molecule has 4 rings (SSSR count). The molecule has 0 bridgehead atoms. The number of ether oxygens (including phenoxy) is 1. The average molecular weight is 383 g/mol. The first kappa shape index (κ1) is 19.0. The zero-order valence-electron chi connectivity index (χ0n) is 16.4. The Hall–Kier alpha value is -2.34. The van der Waals surface area contributed by atoms with Gasteiger partial charge in [0, 0.05) is 19.2 Å². The summed E-state index contributed by atoms with van der Waals surface area (Å²) in [7, 11) is 0. The molecule has 1 aromatic heterocycles. The van der Waals surface area contributed by atoms with E-state index in [0.717, 1.165) is 36.8 Å². The van der Waals surface area contributed by atoms with Crippen LogP contribution in [-0.4, -0.2) is 40.4 Å². The number of anilines is 2. The lowest BCUT2D eigenvalue weighted by Gasteiger charge is -2.24. The molecular formula is C22H30N4O2. The Morgan fingerprint density at radius 2 is 1.86 bits per heavy atom. The maximum atomic E-state index is 9.53. The number of hydrogen-bond donors (Lipinski definition) is 2. The molecule has 0 radical (unpaired) electrons. The number of hydrogen-bond acceptors (Lipinski definition) is 6. The fourth-order valence-corrected chi connectivity index (χ4v) is 4.18. The summed E-state index contributed by atoms with van der Waals surface area (Å²) >= 11 is 0. The first-order valence-corrected chi connectivity index (χ1v) is 10.5. The van der Waals surface area contributed by atoms with Crippen LogP contribution < -0.4 is 15.0 Å². The van der Waals surface area contributed by atoms with Crippen LogP contribution in [0.1, 0.15) is 50.5 Å². The number of aliphatic hydroxyl groups is 1. The second-order valence-electron chi connectivity index (χ2n) is 7.81. The van der Waals surface area contributed by atoms with E-state index >= 15 is 0 Å². The highest BCUT2D eigenvalue weighted by Gasteiger charge is 2.25. The molecule has 1 aliphatic heterocycles. The summed E-state index contributed by atoms with van der Waals surface area (Å²) in [6, 6.07) is 10.5. The number of aliphatic hydroxyl groups excluding tert-OH is 1. The summed E-state index contributed by atoms with van der Waals surface area (Å²) in [5.74, 6) is 2.64. The normalized spacial score (nSPS) is 20.3. The van der Waals surface area contributed by atoms with Crippen LogP contribution in [0.2, 0.25) is 0 Å². The third-order valence-corrected chi connectivity index (χ3v) is 5.79. The van der Waals surface area contributed by atoms with Gasteiger partial charge in [-0.05, 0) is 56.2 Å². The summed E-state index contributed by atoms with van der Waals surface area (Å²) < 4.78 is 6.10. The number of nitrogens with one attached hydrogen (secondary N) is 1. The fourth-order valence-electron chi connectivity index (χ4n) is 4.18. The minimum absolute atomic E-state index is 0.166. The van der Waals surface area contributed by atoms with Gasteiger partial charge in [-0.15, -0.1) is 0 Å². The van der Waals surface area contributed by atoms with Crippen molar-refractivity contribution in [3.05, 3.63) is 42.2 Å². The molecule has 0 amide bonds. The van der Waals surface area contributed by atoms with Crippen LogP contribution in [-0.2, 0) is 6.54 Å². The Morgan fingerprint density at radius 1 is 1.04 bits per heavy atom. The lowest BCUT2D eigenvalue weighted by Crippen LogP contribution is -2.32. The highest BCUT2D eigenvalue weighted by Crippen LogP contribution is 2.25. The van der Waals surface area contributed by atoms with Crippen molar-refractivity contribution in [3.63, 3.8) is 0 Å². The molecule has 2 aromatic rings. The minimum atomic E-state index is 0.166. The molecule has 150 valence electrons. The molecule has 28 heavy (non-hydrogen) atoms. The van der Waals surface area contributed by atoms with Gasteiger partial charge in [-0.3, -0.25) is 0 Å². The molecule has 2 fully saturated rings. The first-order chi connectivity index (χ1) is 13.8. The zero-order valence-corrected chi connectivity index (χ0v) is 16.4. The van der Waals surface area contributed by atoms with E-state index in [0.29, 0.717) is 12.6 Å². The van der Waals surface area contributed by atoms with Gasteiger partial charge in [-0.25, -0.2) is 9.97 Å². The van der Waals surface area contributed by atoms with Gasteiger partial charge in [0.15, 0.2) is 0 Å². The Morgan fingerprint density at radius 3 is 2.64 bits per heavy atom. The van der Waals surface area contributed by atoms with Crippen LogP contribution in [0.25, 0.3) is 0 Å². The summed E-state index contributed by atoms with van der Waals surface area (Å²) in [6.07, 6.45) is 10.3. The average Bonchev–Trinajstić information content (AvgIpc) is 3.23. The highest BCUT2D eigenvalue weighted by atomic mass is 16.5. The van der Waals surface area contributed by atoms with E-state index in [1.165, 1.54) is 37.7 Å². The third-order valence-electron chi connectivity index (χ3n) is 5.79. The van der Waals surface area contributed by atoms with Crippen molar-refractivity contribution in [1.82, 2.24) is 9.97 Å². The minimum Gasteiger partial charge on any atom is -0.490 e. The standard InChI is InChI=1S/C22H30N4O2/c27-15-18-5-4-12-26(18)22-13-21(24-16-25-22)23-14-17-8-10-20(11-9-17)28-19-6-2-1-3-7-19/h8-11,13,16,18-19,27H,1-7,12,14-15H2,(H,23,24,25). The van der Waals surface area contributed by atoms with Crippen molar-refractivity contribution in [2.75, 3.05) is 23.4 Å².